The largest absolute Gasteiger partial charge is 0.478 e. The van der Waals surface area contributed by atoms with E-state index in [9.17, 15) is 9.18 Å². The molecule has 1 aromatic heterocycles. The molecule has 0 fully saturated rings. The Bertz CT molecular complexity index is 423. The number of aromatic nitrogens is 1. The van der Waals surface area contributed by atoms with E-state index in [1.54, 1.807) is 0 Å². The van der Waals surface area contributed by atoms with Gasteiger partial charge in [-0.1, -0.05) is 20.8 Å². The van der Waals surface area contributed by atoms with Crippen molar-refractivity contribution in [1.29, 1.82) is 0 Å². The predicted octanol–water partition coefficient (Wildman–Crippen LogP) is 3.30. The molecule has 0 aliphatic carbocycles. The molecule has 0 bridgehead atoms. The Morgan fingerprint density at radius 2 is 1.94 bits per heavy atom. The number of rotatable bonds is 6. The lowest BCUT2D eigenvalue weighted by molar-refractivity contribution is 0.0697. The number of nitrogens with one attached hydrogen (secondary N) is 1. The highest BCUT2D eigenvalue weighted by Crippen LogP contribution is 2.26. The van der Waals surface area contributed by atoms with Gasteiger partial charge < -0.3 is 10.4 Å². The summed E-state index contributed by atoms with van der Waals surface area (Å²) in [6.07, 6.45) is 3.56. The minimum absolute atomic E-state index is 0.130. The molecule has 0 aromatic carbocycles. The van der Waals surface area contributed by atoms with Crippen LogP contribution in [0.4, 0.5) is 10.2 Å². The summed E-state index contributed by atoms with van der Waals surface area (Å²) in [5.41, 5.74) is -0.329. The minimum Gasteiger partial charge on any atom is -0.478 e. The van der Waals surface area contributed by atoms with E-state index in [0.717, 1.165) is 31.5 Å². The maximum Gasteiger partial charge on any atom is 0.339 e. The molecule has 2 N–H and O–H groups in total. The number of carboxylic acid groups (broad SMARTS) is 1. The van der Waals surface area contributed by atoms with Crippen molar-refractivity contribution >= 4 is 11.8 Å². The van der Waals surface area contributed by atoms with Crippen LogP contribution in [0.25, 0.3) is 0 Å². The third-order valence-electron chi connectivity index (χ3n) is 3.50. The molecule has 0 atom stereocenters. The molecule has 0 amide bonds. The molecule has 4 nitrogen and oxygen atoms in total. The molecule has 0 saturated carbocycles. The van der Waals surface area contributed by atoms with Gasteiger partial charge in [0.1, 0.15) is 17.2 Å². The van der Waals surface area contributed by atoms with Crippen molar-refractivity contribution in [1.82, 2.24) is 4.98 Å². The maximum absolute atomic E-state index is 13.0. The van der Waals surface area contributed by atoms with Crippen molar-refractivity contribution in [2.75, 3.05) is 5.32 Å². The highest BCUT2D eigenvalue weighted by molar-refractivity contribution is 5.93. The SMILES string of the molecule is CCC(CC)(CC)Nc1ncc(F)cc1C(=O)O. The molecular formula is C13H19FN2O2. The number of halogens is 1. The Morgan fingerprint density at radius 1 is 1.39 bits per heavy atom. The third-order valence-corrected chi connectivity index (χ3v) is 3.50. The molecule has 5 heteroatoms. The number of hydrogen-bond donors (Lipinski definition) is 2. The molecule has 18 heavy (non-hydrogen) atoms. The van der Waals surface area contributed by atoms with Crippen LogP contribution < -0.4 is 5.32 Å². The first kappa shape index (κ1) is 14.4. The molecule has 0 spiro atoms. The molecule has 0 aliphatic rings. The van der Waals surface area contributed by atoms with Crippen molar-refractivity contribution in [3.05, 3.63) is 23.6 Å². The van der Waals surface area contributed by atoms with Gasteiger partial charge in [0.15, 0.2) is 0 Å². The van der Waals surface area contributed by atoms with Crippen molar-refractivity contribution in [3.63, 3.8) is 0 Å². The van der Waals surface area contributed by atoms with Gasteiger partial charge in [0.25, 0.3) is 0 Å². The quantitative estimate of drug-likeness (QED) is 0.817. The van der Waals surface area contributed by atoms with E-state index in [1.807, 2.05) is 20.8 Å². The number of nitrogens with zero attached hydrogens (tertiary/aromatic N) is 1. The first-order chi connectivity index (χ1) is 8.48. The average Bonchev–Trinajstić information content (AvgIpc) is 2.37. The van der Waals surface area contributed by atoms with Crippen LogP contribution in [0.2, 0.25) is 0 Å². The Kier molecular flexibility index (Phi) is 4.64. The third kappa shape index (κ3) is 2.97. The second-order valence-corrected chi connectivity index (χ2v) is 4.32. The molecule has 100 valence electrons. The second-order valence-electron chi connectivity index (χ2n) is 4.32. The number of pyridine rings is 1. The monoisotopic (exact) mass is 254 g/mol. The van der Waals surface area contributed by atoms with E-state index >= 15 is 0 Å². The van der Waals surface area contributed by atoms with E-state index in [1.165, 1.54) is 0 Å². The van der Waals surface area contributed by atoms with Crippen LogP contribution in [0.1, 0.15) is 50.4 Å². The van der Waals surface area contributed by atoms with E-state index in [2.05, 4.69) is 10.3 Å². The van der Waals surface area contributed by atoms with Crippen LogP contribution in [-0.2, 0) is 0 Å². The Balaban J connectivity index is 3.13. The Hall–Kier alpha value is -1.65. The number of carbonyl (C=O) groups is 1. The predicted molar refractivity (Wildman–Crippen MR) is 68.4 cm³/mol. The van der Waals surface area contributed by atoms with Crippen LogP contribution in [0.3, 0.4) is 0 Å². The van der Waals surface area contributed by atoms with Crippen LogP contribution in [-0.4, -0.2) is 21.6 Å². The summed E-state index contributed by atoms with van der Waals surface area (Å²) in [5.74, 6) is -1.59. The van der Waals surface area contributed by atoms with Crippen LogP contribution in [0.15, 0.2) is 12.3 Å². The first-order valence-electron chi connectivity index (χ1n) is 6.15. The Morgan fingerprint density at radius 3 is 2.39 bits per heavy atom. The van der Waals surface area contributed by atoms with Gasteiger partial charge >= 0.3 is 5.97 Å². The first-order valence-corrected chi connectivity index (χ1v) is 6.15. The van der Waals surface area contributed by atoms with Crippen molar-refractivity contribution in [3.8, 4) is 0 Å². The zero-order valence-corrected chi connectivity index (χ0v) is 11.0. The normalized spacial score (nSPS) is 11.3. The summed E-state index contributed by atoms with van der Waals surface area (Å²) >= 11 is 0. The number of hydrogen-bond acceptors (Lipinski definition) is 3. The number of anilines is 1. The fraction of sp³-hybridized carbons (Fsp3) is 0.538. The van der Waals surface area contributed by atoms with Gasteiger partial charge in [-0.15, -0.1) is 0 Å². The van der Waals surface area contributed by atoms with Crippen molar-refractivity contribution in [2.45, 2.75) is 45.6 Å². The smallest absolute Gasteiger partial charge is 0.339 e. The number of carboxylic acids is 1. The molecule has 1 heterocycles. The van der Waals surface area contributed by atoms with Gasteiger partial charge in [-0.25, -0.2) is 14.2 Å². The molecule has 0 saturated heterocycles. The molecule has 0 aliphatic heterocycles. The van der Waals surface area contributed by atoms with Crippen LogP contribution in [0, 0.1) is 5.82 Å². The zero-order chi connectivity index (χ0) is 13.8. The van der Waals surface area contributed by atoms with E-state index in [4.69, 9.17) is 5.11 Å². The molecule has 0 radical (unpaired) electrons. The lowest BCUT2D eigenvalue weighted by atomic mass is 9.89. The molecule has 1 aromatic rings. The van der Waals surface area contributed by atoms with Gasteiger partial charge in [0, 0.05) is 5.54 Å². The van der Waals surface area contributed by atoms with E-state index in [0.29, 0.717) is 0 Å². The fourth-order valence-corrected chi connectivity index (χ4v) is 1.97. The summed E-state index contributed by atoms with van der Waals surface area (Å²) < 4.78 is 13.0. The fourth-order valence-electron chi connectivity index (χ4n) is 1.97. The van der Waals surface area contributed by atoms with Gasteiger partial charge in [0.2, 0.25) is 0 Å². The standard InChI is InChI=1S/C13H19FN2O2/c1-4-13(5-2,6-3)16-11-10(12(17)18)7-9(14)8-15-11/h7-8H,4-6H2,1-3H3,(H,15,16)(H,17,18). The average molecular weight is 254 g/mol. The topological polar surface area (TPSA) is 62.2 Å². The lowest BCUT2D eigenvalue weighted by Gasteiger charge is -2.32. The van der Waals surface area contributed by atoms with E-state index in [-0.39, 0.29) is 16.9 Å². The maximum atomic E-state index is 13.0. The van der Waals surface area contributed by atoms with Gasteiger partial charge in [-0.05, 0) is 25.3 Å². The zero-order valence-electron chi connectivity index (χ0n) is 11.0. The summed E-state index contributed by atoms with van der Waals surface area (Å²) in [6.45, 7) is 6.10. The van der Waals surface area contributed by atoms with Gasteiger partial charge in [0.05, 0.1) is 6.20 Å². The van der Waals surface area contributed by atoms with E-state index < -0.39 is 11.8 Å². The van der Waals surface area contributed by atoms with Gasteiger partial charge in [-0.2, -0.15) is 0 Å². The molecular weight excluding hydrogens is 235 g/mol. The minimum atomic E-state index is -1.18. The second kappa shape index (κ2) is 5.80. The lowest BCUT2D eigenvalue weighted by Crippen LogP contribution is -2.37. The Labute approximate surface area is 106 Å². The molecule has 1 rings (SSSR count). The highest BCUT2D eigenvalue weighted by Gasteiger charge is 2.26. The van der Waals surface area contributed by atoms with Crippen LogP contribution >= 0.6 is 0 Å². The van der Waals surface area contributed by atoms with Crippen molar-refractivity contribution in [2.24, 2.45) is 0 Å². The number of aromatic carboxylic acids is 1. The summed E-state index contributed by atoms with van der Waals surface area (Å²) in [6, 6.07) is 0.989. The highest BCUT2D eigenvalue weighted by atomic mass is 19.1. The summed E-state index contributed by atoms with van der Waals surface area (Å²) in [4.78, 5) is 14.9. The summed E-state index contributed by atoms with van der Waals surface area (Å²) in [5, 5.41) is 12.2. The summed E-state index contributed by atoms with van der Waals surface area (Å²) in [7, 11) is 0. The van der Waals surface area contributed by atoms with Gasteiger partial charge in [-0.3, -0.25) is 0 Å². The molecule has 0 unspecified atom stereocenters. The van der Waals surface area contributed by atoms with Crippen molar-refractivity contribution < 1.29 is 14.3 Å². The van der Waals surface area contributed by atoms with Crippen LogP contribution in [0.5, 0.6) is 0 Å².